The molecule has 1 aliphatic rings. The maximum absolute atomic E-state index is 12.4. The van der Waals surface area contributed by atoms with Gasteiger partial charge in [0.15, 0.2) is 0 Å². The summed E-state index contributed by atoms with van der Waals surface area (Å²) in [5.41, 5.74) is 0.973. The van der Waals surface area contributed by atoms with Crippen molar-refractivity contribution in [1.29, 1.82) is 0 Å². The Kier molecular flexibility index (Phi) is 5.80. The molecule has 1 unspecified atom stereocenters. The van der Waals surface area contributed by atoms with Crippen molar-refractivity contribution in [2.45, 2.75) is 37.8 Å². The van der Waals surface area contributed by atoms with Gasteiger partial charge in [0.25, 0.3) is 0 Å². The minimum Gasteiger partial charge on any atom is -0.381 e. The average Bonchev–Trinajstić information content (AvgIpc) is 2.91. The molecule has 0 aliphatic carbocycles. The largest absolute Gasteiger partial charge is 0.381 e. The second kappa shape index (κ2) is 7.40. The number of nitrogens with one attached hydrogen (secondary N) is 2. The lowest BCUT2D eigenvalue weighted by atomic mass is 10.0. The van der Waals surface area contributed by atoms with Gasteiger partial charge in [-0.05, 0) is 38.8 Å². The van der Waals surface area contributed by atoms with Crippen molar-refractivity contribution < 1.29 is 13.2 Å². The van der Waals surface area contributed by atoms with Crippen LogP contribution in [0.4, 0.5) is 0 Å². The summed E-state index contributed by atoms with van der Waals surface area (Å²) >= 11 is 0. The van der Waals surface area contributed by atoms with E-state index in [4.69, 9.17) is 4.74 Å². The monoisotopic (exact) mass is 315 g/mol. The molecule has 2 N–H and O–H groups in total. The summed E-state index contributed by atoms with van der Waals surface area (Å²) in [6.45, 7) is 5.28. The van der Waals surface area contributed by atoms with Crippen LogP contribution >= 0.6 is 0 Å². The fraction of sp³-hybridized carbons (Fsp3) is 0.714. The van der Waals surface area contributed by atoms with E-state index in [0.29, 0.717) is 24.6 Å². The Bertz CT molecular complexity index is 548. The van der Waals surface area contributed by atoms with Crippen LogP contribution in [0.25, 0.3) is 0 Å². The predicted molar refractivity (Wildman–Crippen MR) is 81.6 cm³/mol. The topological polar surface area (TPSA) is 72.4 Å². The lowest BCUT2D eigenvalue weighted by molar-refractivity contribution is 0.0568. The zero-order valence-corrected chi connectivity index (χ0v) is 13.6. The molecule has 0 amide bonds. The first kappa shape index (κ1) is 16.5. The van der Waals surface area contributed by atoms with Crippen molar-refractivity contribution in [1.82, 2.24) is 14.6 Å². The molecular weight excluding hydrogens is 290 g/mol. The van der Waals surface area contributed by atoms with Gasteiger partial charge >= 0.3 is 0 Å². The van der Waals surface area contributed by atoms with Gasteiger partial charge in [-0.15, -0.1) is 0 Å². The van der Waals surface area contributed by atoms with Gasteiger partial charge in [0.2, 0.25) is 10.0 Å². The minimum absolute atomic E-state index is 0.276. The van der Waals surface area contributed by atoms with Crippen molar-refractivity contribution in [2.75, 3.05) is 26.8 Å². The van der Waals surface area contributed by atoms with Crippen LogP contribution < -0.4 is 10.0 Å². The van der Waals surface area contributed by atoms with E-state index in [2.05, 4.69) is 10.0 Å². The summed E-state index contributed by atoms with van der Waals surface area (Å²) in [6, 6.07) is 1.74. The van der Waals surface area contributed by atoms with Gasteiger partial charge in [-0.2, -0.15) is 0 Å². The lowest BCUT2D eigenvalue weighted by Gasteiger charge is -2.21. The Morgan fingerprint density at radius 1 is 1.48 bits per heavy atom. The Morgan fingerprint density at radius 3 is 2.90 bits per heavy atom. The summed E-state index contributed by atoms with van der Waals surface area (Å²) in [5.74, 6) is 0.276. The minimum atomic E-state index is -3.44. The molecule has 7 heteroatoms. The number of sulfonamides is 1. The Morgan fingerprint density at radius 2 is 2.29 bits per heavy atom. The number of hydrogen-bond acceptors (Lipinski definition) is 4. The lowest BCUT2D eigenvalue weighted by Crippen LogP contribution is -2.33. The molecular formula is C14H25N3O3S. The van der Waals surface area contributed by atoms with Crippen LogP contribution in [0.2, 0.25) is 0 Å². The number of ether oxygens (including phenoxy) is 1. The van der Waals surface area contributed by atoms with Crippen LogP contribution in [0.3, 0.4) is 0 Å². The molecule has 0 saturated carbocycles. The number of nitrogens with zero attached hydrogens (tertiary/aromatic N) is 1. The van der Waals surface area contributed by atoms with E-state index in [-0.39, 0.29) is 5.92 Å². The molecule has 0 bridgehead atoms. The maximum Gasteiger partial charge on any atom is 0.242 e. The first-order chi connectivity index (χ1) is 10.1. The van der Waals surface area contributed by atoms with Crippen LogP contribution in [-0.2, 0) is 27.8 Å². The highest BCUT2D eigenvalue weighted by Gasteiger charge is 2.21. The number of rotatable bonds is 7. The van der Waals surface area contributed by atoms with E-state index in [1.165, 1.54) is 0 Å². The fourth-order valence-electron chi connectivity index (χ4n) is 2.58. The second-order valence-corrected chi connectivity index (χ2v) is 7.19. The van der Waals surface area contributed by atoms with E-state index in [1.807, 2.05) is 18.5 Å². The van der Waals surface area contributed by atoms with Gasteiger partial charge in [0.05, 0.1) is 11.5 Å². The highest BCUT2D eigenvalue weighted by molar-refractivity contribution is 7.89. The summed E-state index contributed by atoms with van der Waals surface area (Å²) < 4.78 is 34.8. The maximum atomic E-state index is 12.4. The van der Waals surface area contributed by atoms with E-state index >= 15 is 0 Å². The van der Waals surface area contributed by atoms with Gasteiger partial charge in [0, 0.05) is 38.1 Å². The molecule has 0 spiro atoms. The van der Waals surface area contributed by atoms with Crippen molar-refractivity contribution in [3.63, 3.8) is 0 Å². The van der Waals surface area contributed by atoms with E-state index < -0.39 is 10.0 Å². The number of aryl methyl sites for hydroxylation is 1. The van der Waals surface area contributed by atoms with E-state index in [0.717, 1.165) is 31.7 Å². The van der Waals surface area contributed by atoms with Crippen molar-refractivity contribution in [3.8, 4) is 0 Å². The normalized spacial score (nSPS) is 19.8. The zero-order chi connectivity index (χ0) is 15.3. The summed E-state index contributed by atoms with van der Waals surface area (Å²) in [6.07, 6.45) is 3.72. The van der Waals surface area contributed by atoms with Crippen molar-refractivity contribution >= 4 is 10.0 Å². The Balaban J connectivity index is 2.04. The molecule has 21 heavy (non-hydrogen) atoms. The molecule has 6 nitrogen and oxygen atoms in total. The molecule has 2 rings (SSSR count). The van der Waals surface area contributed by atoms with Gasteiger partial charge in [-0.25, -0.2) is 13.1 Å². The van der Waals surface area contributed by atoms with Crippen LogP contribution in [0.5, 0.6) is 0 Å². The molecule has 1 saturated heterocycles. The molecule has 0 radical (unpaired) electrons. The quantitative estimate of drug-likeness (QED) is 0.785. The molecule has 1 aliphatic heterocycles. The van der Waals surface area contributed by atoms with Crippen molar-refractivity contribution in [3.05, 3.63) is 18.0 Å². The molecule has 1 fully saturated rings. The molecule has 2 heterocycles. The van der Waals surface area contributed by atoms with Crippen LogP contribution in [0.1, 0.15) is 25.5 Å². The third-order valence-electron chi connectivity index (χ3n) is 3.79. The molecule has 1 atom stereocenters. The third-order valence-corrected chi connectivity index (χ3v) is 5.18. The van der Waals surface area contributed by atoms with E-state index in [1.54, 1.807) is 12.3 Å². The van der Waals surface area contributed by atoms with E-state index in [9.17, 15) is 8.42 Å². The highest BCUT2D eigenvalue weighted by Crippen LogP contribution is 2.17. The fourth-order valence-corrected chi connectivity index (χ4v) is 3.75. The first-order valence-corrected chi connectivity index (χ1v) is 8.96. The average molecular weight is 315 g/mol. The standard InChI is InChI=1S/C14H25N3O3S/c1-3-17-10-14(7-13(17)9-15-2)21(18,19)16-8-12-5-4-6-20-11-12/h7,10,12,15-16H,3-6,8-9,11H2,1-2H3. The second-order valence-electron chi connectivity index (χ2n) is 5.42. The summed E-state index contributed by atoms with van der Waals surface area (Å²) in [7, 11) is -1.59. The van der Waals surface area contributed by atoms with Gasteiger partial charge < -0.3 is 14.6 Å². The number of aromatic nitrogens is 1. The first-order valence-electron chi connectivity index (χ1n) is 7.48. The highest BCUT2D eigenvalue weighted by atomic mass is 32.2. The SMILES string of the molecule is CCn1cc(S(=O)(=O)NCC2CCCOC2)cc1CNC. The zero-order valence-electron chi connectivity index (χ0n) is 12.8. The smallest absolute Gasteiger partial charge is 0.242 e. The Hall–Kier alpha value is -0.890. The van der Waals surface area contributed by atoms with Crippen molar-refractivity contribution in [2.24, 2.45) is 5.92 Å². The number of hydrogen-bond donors (Lipinski definition) is 2. The Labute approximate surface area is 126 Å². The third kappa shape index (κ3) is 4.29. The summed E-state index contributed by atoms with van der Waals surface area (Å²) in [5, 5.41) is 3.05. The molecule has 120 valence electrons. The van der Waals surface area contributed by atoms with Crippen LogP contribution in [-0.4, -0.2) is 39.8 Å². The van der Waals surface area contributed by atoms with Gasteiger partial charge in [-0.3, -0.25) is 0 Å². The van der Waals surface area contributed by atoms with Gasteiger partial charge in [-0.1, -0.05) is 0 Å². The predicted octanol–water partition coefficient (Wildman–Crippen LogP) is 0.932. The molecule has 0 aromatic carbocycles. The van der Waals surface area contributed by atoms with Crippen LogP contribution in [0, 0.1) is 5.92 Å². The molecule has 1 aromatic heterocycles. The van der Waals surface area contributed by atoms with Gasteiger partial charge in [0.1, 0.15) is 0 Å². The summed E-state index contributed by atoms with van der Waals surface area (Å²) in [4.78, 5) is 0.339. The van der Waals surface area contributed by atoms with Crippen LogP contribution in [0.15, 0.2) is 17.2 Å². The molecule has 1 aromatic rings.